The molecule has 0 spiro atoms. The van der Waals surface area contributed by atoms with E-state index in [1.54, 1.807) is 0 Å². The van der Waals surface area contributed by atoms with Crippen LogP contribution in [0.5, 0.6) is 0 Å². The smallest absolute Gasteiger partial charge is 0.438 e. The Morgan fingerprint density at radius 3 is 1.43 bits per heavy atom. The van der Waals surface area contributed by atoms with Gasteiger partial charge >= 0.3 is 18.5 Å². The highest BCUT2D eigenvalue weighted by atomic mass is 16.7. The Hall–Kier alpha value is -2.23. The molecule has 0 heterocycles. The molecule has 10 heteroatoms. The molecule has 0 saturated heterocycles. The van der Waals surface area contributed by atoms with Crippen molar-refractivity contribution in [3.8, 4) is 0 Å². The van der Waals surface area contributed by atoms with Gasteiger partial charge in [0, 0.05) is 19.6 Å². The lowest BCUT2D eigenvalue weighted by molar-refractivity contribution is 0.0459. The topological polar surface area (TPSA) is 110 Å². The molecule has 0 aromatic carbocycles. The largest absolute Gasteiger partial charge is 0.508 e. The summed E-state index contributed by atoms with van der Waals surface area (Å²) in [5.74, 6) is 0. The summed E-state index contributed by atoms with van der Waals surface area (Å²) in [6, 6.07) is 0. The van der Waals surface area contributed by atoms with E-state index in [1.165, 1.54) is 21.3 Å². The Morgan fingerprint density at radius 2 is 1.04 bits per heavy atom. The third-order valence-corrected chi connectivity index (χ3v) is 2.59. The van der Waals surface area contributed by atoms with Crippen molar-refractivity contribution in [2.45, 2.75) is 6.42 Å². The van der Waals surface area contributed by atoms with Crippen molar-refractivity contribution in [1.29, 1.82) is 0 Å². The number of hydrogen-bond donors (Lipinski definition) is 0. The van der Waals surface area contributed by atoms with Crippen LogP contribution in [0.25, 0.3) is 0 Å². The number of rotatable bonds is 10. The first-order chi connectivity index (χ1) is 11.0. The second-order valence-electron chi connectivity index (χ2n) is 4.10. The van der Waals surface area contributed by atoms with E-state index in [2.05, 4.69) is 14.2 Å². The lowest BCUT2D eigenvalue weighted by atomic mass is 10.4. The van der Waals surface area contributed by atoms with Crippen molar-refractivity contribution >= 4 is 18.5 Å². The minimum absolute atomic E-state index is 0.114. The van der Waals surface area contributed by atoms with E-state index >= 15 is 0 Å². The molecule has 0 aliphatic rings. The van der Waals surface area contributed by atoms with Gasteiger partial charge in [-0.05, 0) is 6.42 Å². The molecule has 0 amide bonds. The third-order valence-electron chi connectivity index (χ3n) is 2.59. The first-order valence-electron chi connectivity index (χ1n) is 6.88. The molecule has 0 bridgehead atoms. The summed E-state index contributed by atoms with van der Waals surface area (Å²) in [6.45, 7) is 1.74. The number of carbonyl (C=O) groups is 3. The second kappa shape index (κ2) is 13.4. The summed E-state index contributed by atoms with van der Waals surface area (Å²) in [5, 5.41) is 0. The molecule has 0 N–H and O–H groups in total. The Morgan fingerprint density at radius 1 is 0.652 bits per heavy atom. The predicted molar refractivity (Wildman–Crippen MR) is 76.1 cm³/mol. The van der Waals surface area contributed by atoms with Gasteiger partial charge in [0.05, 0.1) is 27.9 Å². The minimum atomic E-state index is -0.773. The summed E-state index contributed by atoms with van der Waals surface area (Å²) in [7, 11) is 3.66. The summed E-state index contributed by atoms with van der Waals surface area (Å²) >= 11 is 0. The van der Waals surface area contributed by atoms with Crippen LogP contribution in [-0.4, -0.2) is 84.2 Å². The molecule has 0 aliphatic carbocycles. The zero-order valence-electron chi connectivity index (χ0n) is 13.6. The highest BCUT2D eigenvalue weighted by Gasteiger charge is 2.10. The van der Waals surface area contributed by atoms with Crippen LogP contribution >= 0.6 is 0 Å². The van der Waals surface area contributed by atoms with Gasteiger partial charge in [-0.15, -0.1) is 0 Å². The summed E-state index contributed by atoms with van der Waals surface area (Å²) < 4.78 is 27.4. The van der Waals surface area contributed by atoms with Crippen molar-refractivity contribution < 1.29 is 42.8 Å². The zero-order chi connectivity index (χ0) is 17.5. The molecule has 0 aliphatic heterocycles. The Kier molecular flexibility index (Phi) is 12.1. The van der Waals surface area contributed by atoms with Crippen LogP contribution in [-0.2, 0) is 28.4 Å². The van der Waals surface area contributed by atoms with Crippen molar-refractivity contribution in [3.05, 3.63) is 0 Å². The van der Waals surface area contributed by atoms with Crippen molar-refractivity contribution in [2.75, 3.05) is 60.8 Å². The lowest BCUT2D eigenvalue weighted by Gasteiger charge is -2.21. The molecule has 23 heavy (non-hydrogen) atoms. The van der Waals surface area contributed by atoms with Crippen molar-refractivity contribution in [2.24, 2.45) is 0 Å². The highest BCUT2D eigenvalue weighted by molar-refractivity contribution is 5.60. The van der Waals surface area contributed by atoms with Gasteiger partial charge in [0.15, 0.2) is 0 Å². The number of carbonyl (C=O) groups excluding carboxylic acids is 3. The van der Waals surface area contributed by atoms with E-state index in [4.69, 9.17) is 14.2 Å². The molecule has 0 fully saturated rings. The van der Waals surface area contributed by atoms with Gasteiger partial charge in [-0.2, -0.15) is 0 Å². The van der Waals surface area contributed by atoms with Crippen LogP contribution in [0.1, 0.15) is 6.42 Å². The van der Waals surface area contributed by atoms with Crippen molar-refractivity contribution in [3.63, 3.8) is 0 Å². The lowest BCUT2D eigenvalue weighted by Crippen LogP contribution is -2.33. The maximum Gasteiger partial charge on any atom is 0.508 e. The van der Waals surface area contributed by atoms with Crippen LogP contribution < -0.4 is 0 Å². The zero-order valence-corrected chi connectivity index (χ0v) is 13.6. The number of ether oxygens (including phenoxy) is 6. The summed E-state index contributed by atoms with van der Waals surface area (Å²) in [4.78, 5) is 34.5. The fourth-order valence-corrected chi connectivity index (χ4v) is 1.47. The molecular weight excluding hydrogens is 314 g/mol. The Labute approximate surface area is 134 Å². The maximum absolute atomic E-state index is 10.9. The SMILES string of the molecule is COC(=O)OCCCN(CCOC(=O)OC)CCOC(=O)OC. The van der Waals surface area contributed by atoms with Gasteiger partial charge in [0.25, 0.3) is 0 Å². The highest BCUT2D eigenvalue weighted by Crippen LogP contribution is 1.96. The number of methoxy groups -OCH3 is 3. The van der Waals surface area contributed by atoms with Crippen LogP contribution in [0, 0.1) is 0 Å². The van der Waals surface area contributed by atoms with Crippen LogP contribution in [0.4, 0.5) is 14.4 Å². The van der Waals surface area contributed by atoms with E-state index in [0.717, 1.165) is 0 Å². The molecular formula is C13H23NO9. The van der Waals surface area contributed by atoms with E-state index in [1.807, 2.05) is 4.90 Å². The minimum Gasteiger partial charge on any atom is -0.438 e. The van der Waals surface area contributed by atoms with Gasteiger partial charge in [-0.1, -0.05) is 0 Å². The quantitative estimate of drug-likeness (QED) is 0.325. The second-order valence-corrected chi connectivity index (χ2v) is 4.10. The summed E-state index contributed by atoms with van der Waals surface area (Å²) in [5.41, 5.74) is 0. The molecule has 0 rings (SSSR count). The van der Waals surface area contributed by atoms with E-state index in [0.29, 0.717) is 26.1 Å². The predicted octanol–water partition coefficient (Wildman–Crippen LogP) is 1.03. The van der Waals surface area contributed by atoms with Crippen LogP contribution in [0.15, 0.2) is 0 Å². The van der Waals surface area contributed by atoms with Gasteiger partial charge in [-0.25, -0.2) is 14.4 Å². The first kappa shape index (κ1) is 20.8. The summed E-state index contributed by atoms with van der Waals surface area (Å²) in [6.07, 6.45) is -1.76. The van der Waals surface area contributed by atoms with E-state index < -0.39 is 18.5 Å². The maximum atomic E-state index is 10.9. The Bertz CT molecular complexity index is 339. The molecule has 0 unspecified atom stereocenters. The fourth-order valence-electron chi connectivity index (χ4n) is 1.47. The average Bonchev–Trinajstić information content (AvgIpc) is 2.57. The molecule has 134 valence electrons. The van der Waals surface area contributed by atoms with Crippen LogP contribution in [0.2, 0.25) is 0 Å². The molecule has 0 atom stereocenters. The number of hydrogen-bond acceptors (Lipinski definition) is 10. The van der Waals surface area contributed by atoms with Gasteiger partial charge < -0.3 is 28.4 Å². The molecule has 10 nitrogen and oxygen atoms in total. The first-order valence-corrected chi connectivity index (χ1v) is 6.88. The standard InChI is InChI=1S/C13H23NO9/c1-18-11(15)21-8-4-5-14(6-9-22-12(16)19-2)7-10-23-13(17)20-3/h4-10H2,1-3H3. The van der Waals surface area contributed by atoms with Gasteiger partial charge in [0.2, 0.25) is 0 Å². The van der Waals surface area contributed by atoms with E-state index in [-0.39, 0.29) is 19.8 Å². The normalized spacial score (nSPS) is 9.91. The van der Waals surface area contributed by atoms with E-state index in [9.17, 15) is 14.4 Å². The van der Waals surface area contributed by atoms with Crippen LogP contribution in [0.3, 0.4) is 0 Å². The monoisotopic (exact) mass is 337 g/mol. The fraction of sp³-hybridized carbons (Fsp3) is 0.769. The number of nitrogens with zero attached hydrogens (tertiary/aromatic N) is 1. The molecule has 0 aromatic heterocycles. The Balaban J connectivity index is 4.06. The molecule has 0 aromatic rings. The average molecular weight is 337 g/mol. The van der Waals surface area contributed by atoms with Gasteiger partial charge in [-0.3, -0.25) is 4.90 Å². The van der Waals surface area contributed by atoms with Gasteiger partial charge in [0.1, 0.15) is 13.2 Å². The van der Waals surface area contributed by atoms with Crippen molar-refractivity contribution in [1.82, 2.24) is 4.90 Å². The molecule has 0 saturated carbocycles. The third kappa shape index (κ3) is 12.0. The molecule has 0 radical (unpaired) electrons.